The number of hydrogen-bond acceptors (Lipinski definition) is 5. The lowest BCUT2D eigenvalue weighted by molar-refractivity contribution is -0.161. The van der Waals surface area contributed by atoms with Crippen LogP contribution in [0.2, 0.25) is 19.6 Å². The van der Waals surface area contributed by atoms with Gasteiger partial charge in [0, 0.05) is 11.3 Å². The minimum atomic E-state index is -1.82. The van der Waals surface area contributed by atoms with Crippen LogP contribution in [0.4, 0.5) is 4.79 Å². The topological polar surface area (TPSA) is 68.2 Å². The third-order valence-electron chi connectivity index (χ3n) is 4.19. The summed E-state index contributed by atoms with van der Waals surface area (Å²) in [5.41, 5.74) is 0.236. The number of rotatable bonds is 4. The van der Waals surface area contributed by atoms with Gasteiger partial charge >= 0.3 is 12.1 Å². The Balaban J connectivity index is 2.22. The van der Waals surface area contributed by atoms with E-state index in [0.717, 1.165) is 10.9 Å². The third-order valence-corrected chi connectivity index (χ3v) is 6.28. The van der Waals surface area contributed by atoms with Crippen molar-refractivity contribution in [3.63, 3.8) is 0 Å². The van der Waals surface area contributed by atoms with E-state index >= 15 is 0 Å². The van der Waals surface area contributed by atoms with Gasteiger partial charge in [0.05, 0.1) is 8.07 Å². The molecule has 6 nitrogen and oxygen atoms in total. The first-order chi connectivity index (χ1) is 12.4. The van der Waals surface area contributed by atoms with Crippen LogP contribution in [-0.4, -0.2) is 42.1 Å². The molecule has 0 saturated carbocycles. The van der Waals surface area contributed by atoms with Gasteiger partial charge < -0.3 is 9.47 Å². The van der Waals surface area contributed by atoms with E-state index < -0.39 is 31.8 Å². The summed E-state index contributed by atoms with van der Waals surface area (Å²) >= 11 is 0. The molecule has 0 fully saturated rings. The maximum atomic E-state index is 12.8. The molecular formula is C20H30N2O4Si. The summed E-state index contributed by atoms with van der Waals surface area (Å²) in [7, 11) is -1.82. The van der Waals surface area contributed by atoms with Crippen molar-refractivity contribution in [3.8, 4) is 0 Å². The summed E-state index contributed by atoms with van der Waals surface area (Å²) in [5.74, 6) is -0.653. The van der Waals surface area contributed by atoms with Crippen LogP contribution in [-0.2, 0) is 20.9 Å². The van der Waals surface area contributed by atoms with E-state index in [-0.39, 0.29) is 12.5 Å². The monoisotopic (exact) mass is 390 g/mol. The minimum Gasteiger partial charge on any atom is -0.458 e. The molecule has 0 unspecified atom stereocenters. The third kappa shape index (κ3) is 5.41. The van der Waals surface area contributed by atoms with Crippen molar-refractivity contribution in [3.05, 3.63) is 35.9 Å². The number of esters is 1. The van der Waals surface area contributed by atoms with Gasteiger partial charge in [-0.2, -0.15) is 10.1 Å². The van der Waals surface area contributed by atoms with Gasteiger partial charge in [0.25, 0.3) is 0 Å². The van der Waals surface area contributed by atoms with Gasteiger partial charge in [0.15, 0.2) is 6.04 Å². The first kappa shape index (κ1) is 21.2. The maximum absolute atomic E-state index is 12.8. The molecule has 0 N–H and O–H groups in total. The van der Waals surface area contributed by atoms with Crippen molar-refractivity contribution in [2.24, 2.45) is 11.0 Å². The number of hydrazone groups is 1. The molecule has 0 aromatic heterocycles. The van der Waals surface area contributed by atoms with Crippen LogP contribution < -0.4 is 0 Å². The molecular weight excluding hydrogens is 360 g/mol. The van der Waals surface area contributed by atoms with Crippen LogP contribution in [0, 0.1) is 5.92 Å². The first-order valence-corrected chi connectivity index (χ1v) is 12.7. The lowest BCUT2D eigenvalue weighted by Crippen LogP contribution is -2.47. The average molecular weight is 391 g/mol. The molecule has 0 bridgehead atoms. The highest BCUT2D eigenvalue weighted by Crippen LogP contribution is 2.30. The number of ether oxygens (including phenoxy) is 2. The van der Waals surface area contributed by atoms with E-state index in [0.29, 0.717) is 0 Å². The molecule has 1 amide bonds. The lowest BCUT2D eigenvalue weighted by atomic mass is 10.0. The van der Waals surface area contributed by atoms with Gasteiger partial charge in [-0.1, -0.05) is 56.9 Å². The molecule has 1 aromatic rings. The number of benzene rings is 1. The maximum Gasteiger partial charge on any atom is 0.431 e. The Kier molecular flexibility index (Phi) is 6.14. The molecule has 7 heteroatoms. The largest absolute Gasteiger partial charge is 0.458 e. The molecule has 1 aromatic carbocycles. The Morgan fingerprint density at radius 3 is 2.26 bits per heavy atom. The molecule has 2 atom stereocenters. The number of amides is 1. The Bertz CT molecular complexity index is 720. The number of carbonyl (C=O) groups excluding carboxylic acids is 2. The second-order valence-electron chi connectivity index (χ2n) is 8.89. The average Bonchev–Trinajstić information content (AvgIpc) is 2.89. The van der Waals surface area contributed by atoms with Gasteiger partial charge in [0.1, 0.15) is 12.2 Å². The van der Waals surface area contributed by atoms with Crippen molar-refractivity contribution in [2.75, 3.05) is 0 Å². The summed E-state index contributed by atoms with van der Waals surface area (Å²) < 4.78 is 11.0. The van der Waals surface area contributed by atoms with E-state index in [1.807, 2.05) is 58.0 Å². The molecule has 2 rings (SSSR count). The smallest absolute Gasteiger partial charge is 0.431 e. The van der Waals surface area contributed by atoms with Crippen LogP contribution in [0.25, 0.3) is 0 Å². The quantitative estimate of drug-likeness (QED) is 0.570. The fraction of sp³-hybridized carbons (Fsp3) is 0.550. The summed E-state index contributed by atoms with van der Waals surface area (Å²) in [6.07, 6.45) is -0.630. The predicted octanol–water partition coefficient (Wildman–Crippen LogP) is 4.22. The van der Waals surface area contributed by atoms with E-state index in [1.54, 1.807) is 0 Å². The molecule has 0 saturated heterocycles. The van der Waals surface area contributed by atoms with Crippen LogP contribution in [0.15, 0.2) is 35.4 Å². The number of hydrogen-bond donors (Lipinski definition) is 0. The van der Waals surface area contributed by atoms with E-state index in [1.165, 1.54) is 5.01 Å². The van der Waals surface area contributed by atoms with Gasteiger partial charge in [-0.15, -0.1) is 0 Å². The Labute approximate surface area is 162 Å². The first-order valence-electron chi connectivity index (χ1n) is 9.22. The normalized spacial score (nSPS) is 20.3. The summed E-state index contributed by atoms with van der Waals surface area (Å²) in [4.78, 5) is 25.5. The van der Waals surface area contributed by atoms with Crippen LogP contribution in [0.1, 0.15) is 33.3 Å². The van der Waals surface area contributed by atoms with Crippen LogP contribution >= 0.6 is 0 Å². The molecule has 0 spiro atoms. The van der Waals surface area contributed by atoms with Crippen molar-refractivity contribution >= 4 is 25.5 Å². The summed E-state index contributed by atoms with van der Waals surface area (Å²) in [5, 5.41) is 6.61. The highest BCUT2D eigenvalue weighted by Gasteiger charge is 2.48. The molecule has 1 heterocycles. The molecule has 148 valence electrons. The van der Waals surface area contributed by atoms with Crippen molar-refractivity contribution in [1.29, 1.82) is 0 Å². The minimum absolute atomic E-state index is 0.128. The van der Waals surface area contributed by atoms with Gasteiger partial charge in [-0.3, -0.25) is 0 Å². The van der Waals surface area contributed by atoms with Gasteiger partial charge in [-0.05, 0) is 26.3 Å². The zero-order valence-electron chi connectivity index (χ0n) is 17.3. The SMILES string of the molecule is C[C@H]1C([Si](C)(C)C)=NN(C(=O)OCc2ccccc2)[C@@H]1C(=O)OC(C)(C)C. The Hall–Kier alpha value is -2.15. The predicted molar refractivity (Wildman–Crippen MR) is 108 cm³/mol. The van der Waals surface area contributed by atoms with E-state index in [9.17, 15) is 9.59 Å². The van der Waals surface area contributed by atoms with Gasteiger partial charge in [0.2, 0.25) is 0 Å². The highest BCUT2D eigenvalue weighted by molar-refractivity contribution is 7.04. The molecule has 0 aliphatic carbocycles. The van der Waals surface area contributed by atoms with E-state index in [2.05, 4.69) is 24.7 Å². The lowest BCUT2D eigenvalue weighted by Gasteiger charge is -2.28. The molecule has 0 radical (unpaired) electrons. The van der Waals surface area contributed by atoms with Crippen molar-refractivity contribution < 1.29 is 19.1 Å². The second-order valence-corrected chi connectivity index (χ2v) is 13.9. The van der Waals surface area contributed by atoms with Crippen molar-refractivity contribution in [2.45, 2.75) is 65.6 Å². The van der Waals surface area contributed by atoms with Crippen molar-refractivity contribution in [1.82, 2.24) is 5.01 Å². The Morgan fingerprint density at radius 1 is 1.15 bits per heavy atom. The van der Waals surface area contributed by atoms with Crippen LogP contribution in [0.5, 0.6) is 0 Å². The van der Waals surface area contributed by atoms with E-state index in [4.69, 9.17) is 9.47 Å². The highest BCUT2D eigenvalue weighted by atomic mass is 28.3. The standard InChI is InChI=1S/C20H30N2O4Si/c1-14-16(18(23)26-20(2,3)4)22(21-17(14)27(5,6)7)19(24)25-13-15-11-9-8-10-12-15/h8-12,14,16H,13H2,1-7H3/t14-,16+/m1/s1. The number of nitrogens with zero attached hydrogens (tertiary/aromatic N) is 2. The molecule has 1 aliphatic heterocycles. The number of carbonyl (C=O) groups is 2. The second kappa shape index (κ2) is 7.84. The summed E-state index contributed by atoms with van der Waals surface area (Å²) in [6.45, 7) is 13.9. The fourth-order valence-corrected chi connectivity index (χ4v) is 5.00. The van der Waals surface area contributed by atoms with Crippen LogP contribution in [0.3, 0.4) is 0 Å². The summed E-state index contributed by atoms with van der Waals surface area (Å²) in [6, 6.07) is 8.62. The molecule has 1 aliphatic rings. The zero-order valence-corrected chi connectivity index (χ0v) is 18.3. The van der Waals surface area contributed by atoms with Gasteiger partial charge in [-0.25, -0.2) is 9.59 Å². The molecule has 27 heavy (non-hydrogen) atoms. The zero-order chi connectivity index (χ0) is 20.4. The fourth-order valence-electron chi connectivity index (χ4n) is 3.07. The Morgan fingerprint density at radius 2 is 1.74 bits per heavy atom.